The Bertz CT molecular complexity index is 449. The molecule has 1 aliphatic heterocycles. The molecule has 2 N–H and O–H groups in total. The molecule has 21 heavy (non-hydrogen) atoms. The van der Waals surface area contributed by atoms with Crippen LogP contribution in [-0.2, 0) is 16.1 Å². The van der Waals surface area contributed by atoms with Crippen LogP contribution in [-0.4, -0.2) is 55.2 Å². The van der Waals surface area contributed by atoms with Crippen molar-refractivity contribution in [2.45, 2.75) is 25.9 Å². The van der Waals surface area contributed by atoms with Crippen molar-refractivity contribution in [3.05, 3.63) is 23.9 Å². The number of ether oxygens (including phenoxy) is 1. The smallest absolute Gasteiger partial charge is 0.239 e. The van der Waals surface area contributed by atoms with Crippen LogP contribution in [0, 0.1) is 0 Å². The van der Waals surface area contributed by atoms with E-state index in [9.17, 15) is 4.79 Å². The van der Waals surface area contributed by atoms with E-state index in [1.165, 1.54) is 0 Å². The van der Waals surface area contributed by atoms with Crippen molar-refractivity contribution in [1.29, 1.82) is 0 Å². The van der Waals surface area contributed by atoms with E-state index >= 15 is 0 Å². The summed E-state index contributed by atoms with van der Waals surface area (Å²) in [6.07, 6.45) is 2.94. The average molecular weight is 292 g/mol. The molecular weight excluding hydrogens is 268 g/mol. The molecule has 0 aliphatic carbocycles. The number of amides is 1. The first-order chi connectivity index (χ1) is 10.2. The minimum Gasteiger partial charge on any atom is -0.378 e. The second kappa shape index (κ2) is 7.95. The lowest BCUT2D eigenvalue weighted by Crippen LogP contribution is -2.52. The molecule has 6 nitrogen and oxygen atoms in total. The SMILES string of the molecule is CCCNc1ccc(CN2CCOCC2C(=O)NC)cn1. The molecule has 116 valence electrons. The number of likely N-dealkylation sites (N-methyl/N-ethyl adjacent to an activating group) is 1. The van der Waals surface area contributed by atoms with Crippen LogP contribution in [0.25, 0.3) is 0 Å². The Hall–Kier alpha value is -1.66. The van der Waals surface area contributed by atoms with Crippen molar-refractivity contribution in [1.82, 2.24) is 15.2 Å². The Kier molecular flexibility index (Phi) is 5.95. The van der Waals surface area contributed by atoms with Gasteiger partial charge in [-0.3, -0.25) is 9.69 Å². The van der Waals surface area contributed by atoms with Crippen molar-refractivity contribution in [3.8, 4) is 0 Å². The number of hydrogen-bond donors (Lipinski definition) is 2. The van der Waals surface area contributed by atoms with E-state index in [0.29, 0.717) is 19.8 Å². The standard InChI is InChI=1S/C15H24N4O2/c1-3-6-17-14-5-4-12(9-18-14)10-19-7-8-21-11-13(19)15(20)16-2/h4-5,9,13H,3,6-8,10-11H2,1-2H3,(H,16,20)(H,17,18). The minimum atomic E-state index is -0.221. The van der Waals surface area contributed by atoms with Crippen LogP contribution in [0.5, 0.6) is 0 Å². The highest BCUT2D eigenvalue weighted by molar-refractivity contribution is 5.81. The molecule has 1 aliphatic rings. The Morgan fingerprint density at radius 1 is 1.52 bits per heavy atom. The molecule has 1 atom stereocenters. The fourth-order valence-corrected chi connectivity index (χ4v) is 2.35. The molecule has 0 radical (unpaired) electrons. The van der Waals surface area contributed by atoms with E-state index in [-0.39, 0.29) is 11.9 Å². The van der Waals surface area contributed by atoms with Gasteiger partial charge in [-0.1, -0.05) is 13.0 Å². The average Bonchev–Trinajstić information content (AvgIpc) is 2.54. The zero-order valence-corrected chi connectivity index (χ0v) is 12.8. The van der Waals surface area contributed by atoms with E-state index in [1.807, 2.05) is 12.3 Å². The highest BCUT2D eigenvalue weighted by atomic mass is 16.5. The molecular formula is C15H24N4O2. The van der Waals surface area contributed by atoms with Crippen LogP contribution < -0.4 is 10.6 Å². The van der Waals surface area contributed by atoms with Crippen LogP contribution in [0.3, 0.4) is 0 Å². The van der Waals surface area contributed by atoms with Crippen molar-refractivity contribution in [3.63, 3.8) is 0 Å². The number of carbonyl (C=O) groups is 1. The summed E-state index contributed by atoms with van der Waals surface area (Å²) in [5.41, 5.74) is 1.10. The van der Waals surface area contributed by atoms with Crippen LogP contribution in [0.2, 0.25) is 0 Å². The van der Waals surface area contributed by atoms with Gasteiger partial charge in [0.05, 0.1) is 13.2 Å². The number of nitrogens with zero attached hydrogens (tertiary/aromatic N) is 2. The van der Waals surface area contributed by atoms with Gasteiger partial charge in [0.25, 0.3) is 0 Å². The first kappa shape index (κ1) is 15.7. The van der Waals surface area contributed by atoms with Gasteiger partial charge in [-0.2, -0.15) is 0 Å². The first-order valence-corrected chi connectivity index (χ1v) is 7.46. The normalized spacial score (nSPS) is 19.2. The second-order valence-electron chi connectivity index (χ2n) is 5.15. The van der Waals surface area contributed by atoms with Crippen LogP contribution in [0.4, 0.5) is 5.82 Å². The Labute approximate surface area is 125 Å². The summed E-state index contributed by atoms with van der Waals surface area (Å²) in [7, 11) is 1.66. The topological polar surface area (TPSA) is 66.5 Å². The van der Waals surface area contributed by atoms with E-state index in [2.05, 4.69) is 33.5 Å². The third kappa shape index (κ3) is 4.41. The number of rotatable bonds is 6. The third-order valence-electron chi connectivity index (χ3n) is 3.55. The molecule has 0 spiro atoms. The molecule has 0 bridgehead atoms. The number of anilines is 1. The van der Waals surface area contributed by atoms with Gasteiger partial charge < -0.3 is 15.4 Å². The summed E-state index contributed by atoms with van der Waals surface area (Å²) in [6.45, 7) is 5.63. The van der Waals surface area contributed by atoms with Crippen LogP contribution in [0.15, 0.2) is 18.3 Å². The van der Waals surface area contributed by atoms with Crippen LogP contribution in [0.1, 0.15) is 18.9 Å². The summed E-state index contributed by atoms with van der Waals surface area (Å²) in [4.78, 5) is 18.4. The van der Waals surface area contributed by atoms with Gasteiger partial charge >= 0.3 is 0 Å². The lowest BCUT2D eigenvalue weighted by molar-refractivity contribution is -0.132. The van der Waals surface area contributed by atoms with E-state index in [1.54, 1.807) is 7.05 Å². The number of hydrogen-bond acceptors (Lipinski definition) is 5. The van der Waals surface area contributed by atoms with E-state index in [0.717, 1.165) is 30.9 Å². The Morgan fingerprint density at radius 2 is 2.38 bits per heavy atom. The molecule has 6 heteroatoms. The molecule has 0 aromatic carbocycles. The molecule has 1 saturated heterocycles. The van der Waals surface area contributed by atoms with E-state index < -0.39 is 0 Å². The summed E-state index contributed by atoms with van der Waals surface area (Å²) in [5.74, 6) is 0.898. The number of nitrogens with one attached hydrogen (secondary N) is 2. The Morgan fingerprint density at radius 3 is 3.05 bits per heavy atom. The fraction of sp³-hybridized carbons (Fsp3) is 0.600. The van der Waals surface area contributed by atoms with Crippen molar-refractivity contribution in [2.75, 3.05) is 38.7 Å². The van der Waals surface area contributed by atoms with Gasteiger partial charge in [-0.15, -0.1) is 0 Å². The minimum absolute atomic E-state index is 0.00360. The Balaban J connectivity index is 1.97. The molecule has 2 heterocycles. The van der Waals surface area contributed by atoms with Gasteiger partial charge in [-0.05, 0) is 18.1 Å². The summed E-state index contributed by atoms with van der Waals surface area (Å²) in [5, 5.41) is 5.95. The quantitative estimate of drug-likeness (QED) is 0.814. The van der Waals surface area contributed by atoms with Gasteiger partial charge in [0.2, 0.25) is 5.91 Å². The van der Waals surface area contributed by atoms with Crippen molar-refractivity contribution in [2.24, 2.45) is 0 Å². The zero-order valence-electron chi connectivity index (χ0n) is 12.8. The maximum atomic E-state index is 11.9. The predicted molar refractivity (Wildman–Crippen MR) is 82.1 cm³/mol. The highest BCUT2D eigenvalue weighted by Crippen LogP contribution is 2.13. The molecule has 1 aromatic heterocycles. The van der Waals surface area contributed by atoms with Gasteiger partial charge in [0, 0.05) is 32.9 Å². The number of pyridine rings is 1. The second-order valence-corrected chi connectivity index (χ2v) is 5.15. The van der Waals surface area contributed by atoms with Gasteiger partial charge in [0.1, 0.15) is 11.9 Å². The highest BCUT2D eigenvalue weighted by Gasteiger charge is 2.28. The first-order valence-electron chi connectivity index (χ1n) is 7.46. The zero-order chi connectivity index (χ0) is 15.1. The molecule has 1 amide bonds. The summed E-state index contributed by atoms with van der Waals surface area (Å²) in [6, 6.07) is 3.82. The predicted octanol–water partition coefficient (Wildman–Crippen LogP) is 0.850. The molecule has 2 rings (SSSR count). The summed E-state index contributed by atoms with van der Waals surface area (Å²) < 4.78 is 5.41. The molecule has 0 saturated carbocycles. The molecule has 1 aromatic rings. The lowest BCUT2D eigenvalue weighted by atomic mass is 10.1. The fourth-order valence-electron chi connectivity index (χ4n) is 2.35. The maximum Gasteiger partial charge on any atom is 0.239 e. The summed E-state index contributed by atoms with van der Waals surface area (Å²) >= 11 is 0. The number of morpholine rings is 1. The van der Waals surface area contributed by atoms with Crippen molar-refractivity contribution >= 4 is 11.7 Å². The van der Waals surface area contributed by atoms with Crippen LogP contribution >= 0.6 is 0 Å². The van der Waals surface area contributed by atoms with E-state index in [4.69, 9.17) is 4.74 Å². The monoisotopic (exact) mass is 292 g/mol. The van der Waals surface area contributed by atoms with Crippen molar-refractivity contribution < 1.29 is 9.53 Å². The molecule has 1 unspecified atom stereocenters. The molecule has 1 fully saturated rings. The third-order valence-corrected chi connectivity index (χ3v) is 3.55. The van der Waals surface area contributed by atoms with Gasteiger partial charge in [-0.25, -0.2) is 4.98 Å². The largest absolute Gasteiger partial charge is 0.378 e. The maximum absolute atomic E-state index is 11.9. The lowest BCUT2D eigenvalue weighted by Gasteiger charge is -2.34. The number of aromatic nitrogens is 1. The van der Waals surface area contributed by atoms with Gasteiger partial charge in [0.15, 0.2) is 0 Å². The number of carbonyl (C=O) groups excluding carboxylic acids is 1.